The summed E-state index contributed by atoms with van der Waals surface area (Å²) in [5.74, 6) is 4.35. The highest BCUT2D eigenvalue weighted by molar-refractivity contribution is 5.99. The molecule has 0 saturated heterocycles. The summed E-state index contributed by atoms with van der Waals surface area (Å²) in [5.41, 5.74) is 11.0. The number of ether oxygens (including phenoxy) is 1. The molecule has 4 aliphatic rings. The van der Waals surface area contributed by atoms with Gasteiger partial charge in [0.1, 0.15) is 5.75 Å². The van der Waals surface area contributed by atoms with Crippen molar-refractivity contribution in [2.24, 2.45) is 17.8 Å². The van der Waals surface area contributed by atoms with E-state index in [4.69, 9.17) is 4.74 Å². The Kier molecular flexibility index (Phi) is 3.40. The second kappa shape index (κ2) is 5.74. The monoisotopic (exact) mass is 356 g/mol. The Labute approximate surface area is 162 Å². The molecular formula is C26H28O. The summed E-state index contributed by atoms with van der Waals surface area (Å²) in [7, 11) is 1.85. The van der Waals surface area contributed by atoms with Crippen molar-refractivity contribution in [1.29, 1.82) is 0 Å². The Bertz CT molecular complexity index is 966. The van der Waals surface area contributed by atoms with Gasteiger partial charge >= 0.3 is 0 Å². The fourth-order valence-corrected chi connectivity index (χ4v) is 7.18. The minimum absolute atomic E-state index is 0.732. The third-order valence-corrected chi connectivity index (χ3v) is 8.02. The largest absolute Gasteiger partial charge is 0.496 e. The maximum Gasteiger partial charge on any atom is 0.126 e. The van der Waals surface area contributed by atoms with Crippen LogP contribution in [0.3, 0.4) is 0 Å². The van der Waals surface area contributed by atoms with Crippen molar-refractivity contribution < 1.29 is 4.74 Å². The highest BCUT2D eigenvalue weighted by Crippen LogP contribution is 2.68. The molecule has 2 saturated carbocycles. The smallest absolute Gasteiger partial charge is 0.126 e. The molecule has 0 heterocycles. The zero-order valence-corrected chi connectivity index (χ0v) is 16.4. The van der Waals surface area contributed by atoms with Crippen molar-refractivity contribution in [3.63, 3.8) is 0 Å². The molecule has 27 heavy (non-hydrogen) atoms. The van der Waals surface area contributed by atoms with E-state index in [-0.39, 0.29) is 0 Å². The molecule has 2 bridgehead atoms. The summed E-state index contributed by atoms with van der Waals surface area (Å²) in [6, 6.07) is 13.7. The number of aryl methyl sites for hydroxylation is 2. The van der Waals surface area contributed by atoms with E-state index < -0.39 is 0 Å². The number of hydrogen-bond donors (Lipinski definition) is 0. The van der Waals surface area contributed by atoms with Gasteiger partial charge in [0, 0.05) is 5.56 Å². The van der Waals surface area contributed by atoms with Crippen LogP contribution in [0.1, 0.15) is 65.8 Å². The number of fused-ring (bicyclic) bond motifs is 8. The molecule has 2 aromatic carbocycles. The van der Waals surface area contributed by atoms with Crippen LogP contribution in [0.15, 0.2) is 36.4 Å². The third-order valence-electron chi connectivity index (χ3n) is 8.02. The van der Waals surface area contributed by atoms with Gasteiger partial charge in [-0.15, -0.1) is 0 Å². The van der Waals surface area contributed by atoms with Gasteiger partial charge in [0.05, 0.1) is 7.11 Å². The average Bonchev–Trinajstić information content (AvgIpc) is 3.39. The van der Waals surface area contributed by atoms with Crippen molar-refractivity contribution in [3.05, 3.63) is 64.2 Å². The fourth-order valence-electron chi connectivity index (χ4n) is 7.18. The van der Waals surface area contributed by atoms with Gasteiger partial charge in [-0.3, -0.25) is 0 Å². The van der Waals surface area contributed by atoms with Crippen LogP contribution in [0.4, 0.5) is 0 Å². The zero-order chi connectivity index (χ0) is 18.1. The lowest BCUT2D eigenvalue weighted by atomic mass is 9.74. The first kappa shape index (κ1) is 16.0. The van der Waals surface area contributed by atoms with Gasteiger partial charge in [-0.2, -0.15) is 0 Å². The van der Waals surface area contributed by atoms with Gasteiger partial charge in [-0.05, 0) is 109 Å². The highest BCUT2D eigenvalue weighted by Gasteiger charge is 2.55. The molecule has 0 spiro atoms. The second-order valence-corrected chi connectivity index (χ2v) is 9.16. The van der Waals surface area contributed by atoms with Crippen LogP contribution in [0.2, 0.25) is 0 Å². The summed E-state index contributed by atoms with van der Waals surface area (Å²) in [6.07, 6.45) is 8.05. The molecule has 4 atom stereocenters. The van der Waals surface area contributed by atoms with Crippen molar-refractivity contribution in [2.45, 2.75) is 51.4 Å². The first-order chi connectivity index (χ1) is 13.3. The lowest BCUT2D eigenvalue weighted by molar-refractivity contribution is 0.364. The average molecular weight is 357 g/mol. The number of allylic oxidation sites excluding steroid dienone is 2. The molecule has 0 amide bonds. The van der Waals surface area contributed by atoms with Crippen LogP contribution in [0.25, 0.3) is 11.1 Å². The van der Waals surface area contributed by atoms with Crippen LogP contribution >= 0.6 is 0 Å². The first-order valence-corrected chi connectivity index (χ1v) is 10.8. The predicted octanol–water partition coefficient (Wildman–Crippen LogP) is 6.39. The minimum Gasteiger partial charge on any atom is -0.496 e. The molecular weight excluding hydrogens is 328 g/mol. The fraction of sp³-hybridized carbons (Fsp3) is 0.462. The molecule has 0 aromatic heterocycles. The standard InChI is InChI=1S/C26H28O/c1-15-6-3-7-16-8-4-9-19(22(15)16)26-24-18-13-12-17(14-18)23(24)20-10-5-11-21(27-2)25(20)26/h3,5-7,10-11,17-18,23-24H,4,8-9,12-14H2,1-2H3/b26-19+/t17-,18+,23?,24?/m0/s1. The number of benzene rings is 2. The first-order valence-electron chi connectivity index (χ1n) is 10.8. The maximum atomic E-state index is 5.92. The number of rotatable bonds is 1. The van der Waals surface area contributed by atoms with Crippen molar-refractivity contribution in [2.75, 3.05) is 7.11 Å². The Balaban J connectivity index is 1.68. The van der Waals surface area contributed by atoms with E-state index in [2.05, 4.69) is 43.3 Å². The van der Waals surface area contributed by atoms with E-state index in [0.717, 1.165) is 29.4 Å². The normalized spacial score (nSPS) is 33.0. The van der Waals surface area contributed by atoms with Crippen LogP contribution in [0.5, 0.6) is 5.75 Å². The molecule has 2 unspecified atom stereocenters. The second-order valence-electron chi connectivity index (χ2n) is 9.16. The van der Waals surface area contributed by atoms with Gasteiger partial charge in [-0.1, -0.05) is 30.3 Å². The van der Waals surface area contributed by atoms with Gasteiger partial charge < -0.3 is 4.74 Å². The van der Waals surface area contributed by atoms with Crippen molar-refractivity contribution in [3.8, 4) is 5.75 Å². The summed E-state index contributed by atoms with van der Waals surface area (Å²) in [5, 5.41) is 0. The zero-order valence-electron chi connectivity index (χ0n) is 16.4. The van der Waals surface area contributed by atoms with Crippen LogP contribution in [-0.4, -0.2) is 7.11 Å². The van der Waals surface area contributed by atoms with Crippen LogP contribution in [-0.2, 0) is 6.42 Å². The Morgan fingerprint density at radius 3 is 2.56 bits per heavy atom. The summed E-state index contributed by atoms with van der Waals surface area (Å²) in [4.78, 5) is 0. The van der Waals surface area contributed by atoms with Gasteiger partial charge in [0.2, 0.25) is 0 Å². The minimum atomic E-state index is 0.732. The van der Waals surface area contributed by atoms with E-state index in [1.807, 2.05) is 7.11 Å². The highest BCUT2D eigenvalue weighted by atomic mass is 16.5. The molecule has 1 nitrogen and oxygen atoms in total. The summed E-state index contributed by atoms with van der Waals surface area (Å²) >= 11 is 0. The molecule has 6 rings (SSSR count). The third kappa shape index (κ3) is 2.06. The van der Waals surface area contributed by atoms with Crippen LogP contribution < -0.4 is 4.74 Å². The van der Waals surface area contributed by atoms with E-state index in [9.17, 15) is 0 Å². The Morgan fingerprint density at radius 2 is 1.70 bits per heavy atom. The van der Waals surface area contributed by atoms with Crippen molar-refractivity contribution >= 4 is 11.1 Å². The van der Waals surface area contributed by atoms with Gasteiger partial charge in [-0.25, -0.2) is 0 Å². The van der Waals surface area contributed by atoms with Gasteiger partial charge in [0.15, 0.2) is 0 Å². The molecule has 0 radical (unpaired) electrons. The summed E-state index contributed by atoms with van der Waals surface area (Å²) in [6.45, 7) is 2.31. The lowest BCUT2D eigenvalue weighted by Crippen LogP contribution is -2.17. The molecule has 0 aliphatic heterocycles. The van der Waals surface area contributed by atoms with E-state index in [1.54, 1.807) is 27.8 Å². The predicted molar refractivity (Wildman–Crippen MR) is 111 cm³/mol. The van der Waals surface area contributed by atoms with E-state index >= 15 is 0 Å². The lowest BCUT2D eigenvalue weighted by Gasteiger charge is -2.30. The maximum absolute atomic E-state index is 5.92. The van der Waals surface area contributed by atoms with Crippen LogP contribution in [0, 0.1) is 24.7 Å². The quantitative estimate of drug-likeness (QED) is 0.575. The van der Waals surface area contributed by atoms with E-state index in [1.165, 1.54) is 49.7 Å². The molecule has 138 valence electrons. The molecule has 0 N–H and O–H groups in total. The number of hydrogen-bond acceptors (Lipinski definition) is 1. The molecule has 4 aliphatic carbocycles. The molecule has 2 aromatic rings. The van der Waals surface area contributed by atoms with Crippen molar-refractivity contribution in [1.82, 2.24) is 0 Å². The van der Waals surface area contributed by atoms with E-state index in [0.29, 0.717) is 0 Å². The SMILES string of the molecule is COc1cccc2c1/C(=C1\CCCc3cccc(C)c31)C1C2[C@H]2CC[C@@H]1C2. The Hall–Kier alpha value is -2.02. The van der Waals surface area contributed by atoms with Gasteiger partial charge in [0.25, 0.3) is 0 Å². The number of methoxy groups -OCH3 is 1. The molecule has 1 heteroatoms. The summed E-state index contributed by atoms with van der Waals surface area (Å²) < 4.78 is 5.92. The topological polar surface area (TPSA) is 9.23 Å². The molecule has 2 fully saturated rings. The Morgan fingerprint density at radius 1 is 0.889 bits per heavy atom.